The summed E-state index contributed by atoms with van der Waals surface area (Å²) in [5.74, 6) is -1.39. The summed E-state index contributed by atoms with van der Waals surface area (Å²) in [6.45, 7) is 1.44. The number of ether oxygens (including phenoxy) is 3. The summed E-state index contributed by atoms with van der Waals surface area (Å²) in [5, 5.41) is 2.67. The second-order valence-corrected chi connectivity index (χ2v) is 6.24. The van der Waals surface area contributed by atoms with Crippen LogP contribution >= 0.6 is 0 Å². The van der Waals surface area contributed by atoms with E-state index in [1.54, 1.807) is 18.2 Å². The van der Waals surface area contributed by atoms with Crippen LogP contribution in [-0.2, 0) is 11.3 Å². The number of halogens is 2. The van der Waals surface area contributed by atoms with Crippen molar-refractivity contribution in [2.24, 2.45) is 0 Å². The summed E-state index contributed by atoms with van der Waals surface area (Å²) in [6, 6.07) is 8.36. The molecule has 0 radical (unpaired) electrons. The zero-order valence-corrected chi connectivity index (χ0v) is 15.0. The molecule has 1 aliphatic heterocycles. The lowest BCUT2D eigenvalue weighted by Gasteiger charge is -2.15. The van der Waals surface area contributed by atoms with Gasteiger partial charge in [0.25, 0.3) is 5.91 Å². The predicted molar refractivity (Wildman–Crippen MR) is 95.0 cm³/mol. The van der Waals surface area contributed by atoms with Crippen LogP contribution < -0.4 is 14.8 Å². The van der Waals surface area contributed by atoms with E-state index in [4.69, 9.17) is 14.2 Å². The minimum atomic E-state index is -1.06. The van der Waals surface area contributed by atoms with E-state index >= 15 is 0 Å². The van der Waals surface area contributed by atoms with Crippen molar-refractivity contribution in [3.05, 3.63) is 59.2 Å². The highest BCUT2D eigenvalue weighted by atomic mass is 19.2. The maximum Gasteiger partial charge on any atom is 0.251 e. The first-order valence-electron chi connectivity index (χ1n) is 8.71. The molecule has 0 bridgehead atoms. The fraction of sp³-hybridized carbons (Fsp3) is 0.350. The average Bonchev–Trinajstić information content (AvgIpc) is 3.20. The van der Waals surface area contributed by atoms with Gasteiger partial charge in [-0.2, -0.15) is 0 Å². The van der Waals surface area contributed by atoms with Crippen LogP contribution in [0.3, 0.4) is 0 Å². The van der Waals surface area contributed by atoms with Crippen molar-refractivity contribution in [3.8, 4) is 11.5 Å². The van der Waals surface area contributed by atoms with Crippen LogP contribution in [0, 0.1) is 11.6 Å². The zero-order chi connectivity index (χ0) is 19.2. The Labute approximate surface area is 156 Å². The predicted octanol–water partition coefficient (Wildman–Crippen LogP) is 3.46. The first-order valence-corrected chi connectivity index (χ1v) is 8.71. The summed E-state index contributed by atoms with van der Waals surface area (Å²) in [7, 11) is 1.54. The lowest BCUT2D eigenvalue weighted by Crippen LogP contribution is -2.23. The van der Waals surface area contributed by atoms with E-state index in [0.29, 0.717) is 18.1 Å². The molecular formula is C20H21F2NO4. The third-order valence-electron chi connectivity index (χ3n) is 4.31. The summed E-state index contributed by atoms with van der Waals surface area (Å²) in [4.78, 5) is 12.1. The molecule has 7 heteroatoms. The molecule has 144 valence electrons. The van der Waals surface area contributed by atoms with Gasteiger partial charge in [-0.25, -0.2) is 8.78 Å². The molecule has 1 saturated heterocycles. The highest BCUT2D eigenvalue weighted by Crippen LogP contribution is 2.29. The molecule has 1 fully saturated rings. The average molecular weight is 377 g/mol. The Balaban J connectivity index is 1.59. The van der Waals surface area contributed by atoms with E-state index in [1.807, 2.05) is 0 Å². The van der Waals surface area contributed by atoms with Crippen molar-refractivity contribution in [2.45, 2.75) is 25.5 Å². The first kappa shape index (κ1) is 19.1. The number of hydrogen-bond donors (Lipinski definition) is 1. The molecule has 0 aliphatic carbocycles. The Morgan fingerprint density at radius 2 is 2.04 bits per heavy atom. The van der Waals surface area contributed by atoms with Crippen LogP contribution in [0.5, 0.6) is 11.5 Å². The fourth-order valence-electron chi connectivity index (χ4n) is 2.82. The highest BCUT2D eigenvalue weighted by Gasteiger charge is 2.17. The van der Waals surface area contributed by atoms with E-state index in [1.165, 1.54) is 13.2 Å². The monoisotopic (exact) mass is 377 g/mol. The van der Waals surface area contributed by atoms with Crippen LogP contribution in [0.25, 0.3) is 0 Å². The Hall–Kier alpha value is -2.67. The van der Waals surface area contributed by atoms with E-state index < -0.39 is 17.5 Å². The molecule has 1 N–H and O–H groups in total. The molecule has 0 saturated carbocycles. The Morgan fingerprint density at radius 3 is 2.74 bits per heavy atom. The van der Waals surface area contributed by atoms with Gasteiger partial charge in [0.2, 0.25) is 0 Å². The molecule has 27 heavy (non-hydrogen) atoms. The molecule has 1 amide bonds. The van der Waals surface area contributed by atoms with Gasteiger partial charge in [0.05, 0.1) is 13.2 Å². The van der Waals surface area contributed by atoms with Gasteiger partial charge in [0, 0.05) is 18.7 Å². The second-order valence-electron chi connectivity index (χ2n) is 6.24. The Kier molecular flexibility index (Phi) is 6.24. The number of methoxy groups -OCH3 is 1. The lowest BCUT2D eigenvalue weighted by molar-refractivity contribution is 0.0669. The fourth-order valence-corrected chi connectivity index (χ4v) is 2.82. The van der Waals surface area contributed by atoms with Gasteiger partial charge in [0.15, 0.2) is 23.1 Å². The molecule has 2 aromatic rings. The maximum atomic E-state index is 13.2. The number of amides is 1. The molecule has 0 unspecified atom stereocenters. The molecule has 0 spiro atoms. The van der Waals surface area contributed by atoms with Crippen LogP contribution in [0.15, 0.2) is 36.4 Å². The normalized spacial score (nSPS) is 16.2. The van der Waals surface area contributed by atoms with E-state index in [-0.39, 0.29) is 18.2 Å². The Bertz CT molecular complexity index is 807. The van der Waals surface area contributed by atoms with Crippen molar-refractivity contribution < 1.29 is 27.8 Å². The quantitative estimate of drug-likeness (QED) is 0.803. The minimum absolute atomic E-state index is 0.0531. The van der Waals surface area contributed by atoms with Crippen LogP contribution in [0.1, 0.15) is 28.8 Å². The highest BCUT2D eigenvalue weighted by molar-refractivity contribution is 5.94. The summed E-state index contributed by atoms with van der Waals surface area (Å²) >= 11 is 0. The largest absolute Gasteiger partial charge is 0.493 e. The molecular weight excluding hydrogens is 356 g/mol. The van der Waals surface area contributed by atoms with E-state index in [0.717, 1.165) is 37.1 Å². The van der Waals surface area contributed by atoms with Gasteiger partial charge in [-0.3, -0.25) is 4.79 Å². The van der Waals surface area contributed by atoms with Crippen molar-refractivity contribution in [2.75, 3.05) is 20.3 Å². The standard InChI is InChI=1S/C20H21F2NO4/c1-25-19-9-13(4-7-18(19)27-12-15-3-2-8-26-15)11-23-20(24)14-5-6-16(21)17(22)10-14/h4-7,9-10,15H,2-3,8,11-12H2,1H3,(H,23,24)/t15-/m1/s1. The van der Waals surface area contributed by atoms with Crippen molar-refractivity contribution in [1.29, 1.82) is 0 Å². The van der Waals surface area contributed by atoms with Crippen molar-refractivity contribution in [3.63, 3.8) is 0 Å². The van der Waals surface area contributed by atoms with Crippen LogP contribution in [0.2, 0.25) is 0 Å². The van der Waals surface area contributed by atoms with E-state index in [9.17, 15) is 13.6 Å². The van der Waals surface area contributed by atoms with Crippen molar-refractivity contribution >= 4 is 5.91 Å². The van der Waals surface area contributed by atoms with E-state index in [2.05, 4.69) is 5.32 Å². The number of nitrogens with one attached hydrogen (secondary N) is 1. The number of carbonyl (C=O) groups is 1. The van der Waals surface area contributed by atoms with Crippen molar-refractivity contribution in [1.82, 2.24) is 5.32 Å². The first-order chi connectivity index (χ1) is 13.1. The molecule has 1 aliphatic rings. The molecule has 5 nitrogen and oxygen atoms in total. The van der Waals surface area contributed by atoms with Gasteiger partial charge < -0.3 is 19.5 Å². The van der Waals surface area contributed by atoms with Crippen LogP contribution in [0.4, 0.5) is 8.78 Å². The zero-order valence-electron chi connectivity index (χ0n) is 15.0. The number of hydrogen-bond acceptors (Lipinski definition) is 4. The lowest BCUT2D eigenvalue weighted by atomic mass is 10.1. The smallest absolute Gasteiger partial charge is 0.251 e. The molecule has 2 aromatic carbocycles. The summed E-state index contributed by atoms with van der Waals surface area (Å²) in [5.41, 5.74) is 0.838. The molecule has 1 atom stereocenters. The van der Waals surface area contributed by atoms with Gasteiger partial charge in [-0.1, -0.05) is 6.07 Å². The molecule has 3 rings (SSSR count). The topological polar surface area (TPSA) is 56.8 Å². The summed E-state index contributed by atoms with van der Waals surface area (Å²) < 4.78 is 42.8. The number of carbonyl (C=O) groups excluding carboxylic acids is 1. The number of benzene rings is 2. The molecule has 1 heterocycles. The SMILES string of the molecule is COc1cc(CNC(=O)c2ccc(F)c(F)c2)ccc1OC[C@H]1CCCO1. The van der Waals surface area contributed by atoms with Gasteiger partial charge >= 0.3 is 0 Å². The van der Waals surface area contributed by atoms with Gasteiger partial charge in [-0.05, 0) is 48.7 Å². The van der Waals surface area contributed by atoms with Gasteiger partial charge in [-0.15, -0.1) is 0 Å². The maximum absolute atomic E-state index is 13.2. The second kappa shape index (κ2) is 8.81. The Morgan fingerprint density at radius 1 is 1.19 bits per heavy atom. The minimum Gasteiger partial charge on any atom is -0.493 e. The van der Waals surface area contributed by atoms with Crippen LogP contribution in [-0.4, -0.2) is 32.3 Å². The van der Waals surface area contributed by atoms with Gasteiger partial charge in [0.1, 0.15) is 6.61 Å². The third kappa shape index (κ3) is 4.95. The molecule has 0 aromatic heterocycles. The third-order valence-corrected chi connectivity index (χ3v) is 4.31. The summed E-state index contributed by atoms with van der Waals surface area (Å²) in [6.07, 6.45) is 2.13. The number of rotatable bonds is 7.